The molecule has 1 heterocycles. The molecule has 0 aliphatic carbocycles. The molecule has 1 aliphatic heterocycles. The third-order valence-corrected chi connectivity index (χ3v) is 3.54. The van der Waals surface area contributed by atoms with E-state index < -0.39 is 0 Å². The van der Waals surface area contributed by atoms with E-state index in [1.807, 2.05) is 32.8 Å². The van der Waals surface area contributed by atoms with E-state index in [4.69, 9.17) is 0 Å². The van der Waals surface area contributed by atoms with Crippen molar-refractivity contribution in [1.29, 1.82) is 0 Å². The molecule has 1 rings (SSSR count). The molecular formula is C14H28N4O2. The van der Waals surface area contributed by atoms with Gasteiger partial charge in [-0.15, -0.1) is 0 Å². The van der Waals surface area contributed by atoms with Gasteiger partial charge in [-0.1, -0.05) is 6.92 Å². The van der Waals surface area contributed by atoms with Gasteiger partial charge < -0.3 is 20.4 Å². The Labute approximate surface area is 121 Å². The SMILES string of the molecule is CCN[C@H](C)CNC(=O)C1CC(=O)N(CCN(C)C)C1. The Hall–Kier alpha value is -1.14. The smallest absolute Gasteiger partial charge is 0.225 e. The average Bonchev–Trinajstić information content (AvgIpc) is 2.75. The van der Waals surface area contributed by atoms with Crippen LogP contribution in [0.4, 0.5) is 0 Å². The van der Waals surface area contributed by atoms with Gasteiger partial charge in [0.2, 0.25) is 11.8 Å². The van der Waals surface area contributed by atoms with E-state index in [-0.39, 0.29) is 23.8 Å². The molecule has 6 nitrogen and oxygen atoms in total. The molecule has 0 aromatic heterocycles. The van der Waals surface area contributed by atoms with Crippen molar-refractivity contribution in [2.45, 2.75) is 26.3 Å². The molecule has 0 spiro atoms. The molecule has 20 heavy (non-hydrogen) atoms. The molecule has 0 bridgehead atoms. The fourth-order valence-corrected chi connectivity index (χ4v) is 2.30. The molecule has 1 aliphatic rings. The lowest BCUT2D eigenvalue weighted by Crippen LogP contribution is -2.41. The van der Waals surface area contributed by atoms with Gasteiger partial charge in [0, 0.05) is 38.6 Å². The number of amides is 2. The largest absolute Gasteiger partial charge is 0.354 e. The van der Waals surface area contributed by atoms with Gasteiger partial charge in [0.05, 0.1) is 5.92 Å². The standard InChI is InChI=1S/C14H28N4O2/c1-5-15-11(2)9-16-14(20)12-8-13(19)18(10-12)7-6-17(3)4/h11-12,15H,5-10H2,1-4H3,(H,16,20)/t11-,12?/m1/s1. The molecule has 0 aromatic rings. The van der Waals surface area contributed by atoms with E-state index in [0.717, 1.165) is 13.1 Å². The number of carbonyl (C=O) groups excluding carboxylic acids is 2. The second kappa shape index (κ2) is 8.21. The van der Waals surface area contributed by atoms with E-state index in [0.29, 0.717) is 26.1 Å². The van der Waals surface area contributed by atoms with Crippen LogP contribution in [0.15, 0.2) is 0 Å². The summed E-state index contributed by atoms with van der Waals surface area (Å²) in [5.41, 5.74) is 0. The first-order valence-electron chi connectivity index (χ1n) is 7.37. The van der Waals surface area contributed by atoms with Crippen LogP contribution in [0.5, 0.6) is 0 Å². The third-order valence-electron chi connectivity index (χ3n) is 3.54. The van der Waals surface area contributed by atoms with Crippen molar-refractivity contribution in [3.05, 3.63) is 0 Å². The van der Waals surface area contributed by atoms with Gasteiger partial charge in [0.1, 0.15) is 0 Å². The molecule has 2 N–H and O–H groups in total. The molecule has 0 saturated carbocycles. The minimum Gasteiger partial charge on any atom is -0.354 e. The van der Waals surface area contributed by atoms with Gasteiger partial charge in [-0.25, -0.2) is 0 Å². The summed E-state index contributed by atoms with van der Waals surface area (Å²) in [6.07, 6.45) is 0.342. The minimum absolute atomic E-state index is 0.00421. The first-order chi connectivity index (χ1) is 9.43. The molecule has 2 amide bonds. The average molecular weight is 284 g/mol. The Balaban J connectivity index is 2.34. The predicted molar refractivity (Wildman–Crippen MR) is 79.4 cm³/mol. The van der Waals surface area contributed by atoms with E-state index >= 15 is 0 Å². The Morgan fingerprint density at radius 3 is 2.80 bits per heavy atom. The third kappa shape index (κ3) is 5.46. The summed E-state index contributed by atoms with van der Waals surface area (Å²) in [6, 6.07) is 0.255. The van der Waals surface area contributed by atoms with Crippen LogP contribution in [0, 0.1) is 5.92 Å². The zero-order valence-corrected chi connectivity index (χ0v) is 13.1. The van der Waals surface area contributed by atoms with Crippen molar-refractivity contribution in [3.8, 4) is 0 Å². The van der Waals surface area contributed by atoms with Crippen LogP contribution in [0.25, 0.3) is 0 Å². The number of likely N-dealkylation sites (tertiary alicyclic amines) is 1. The van der Waals surface area contributed by atoms with Crippen LogP contribution in [0.3, 0.4) is 0 Å². The van der Waals surface area contributed by atoms with Crippen molar-refractivity contribution >= 4 is 11.8 Å². The summed E-state index contributed by atoms with van der Waals surface area (Å²) in [4.78, 5) is 27.7. The second-order valence-electron chi connectivity index (χ2n) is 5.75. The lowest BCUT2D eigenvalue weighted by molar-refractivity contribution is -0.129. The predicted octanol–water partition coefficient (Wildman–Crippen LogP) is -0.489. The van der Waals surface area contributed by atoms with Crippen LogP contribution < -0.4 is 10.6 Å². The van der Waals surface area contributed by atoms with E-state index in [9.17, 15) is 9.59 Å². The topological polar surface area (TPSA) is 64.7 Å². The summed E-state index contributed by atoms with van der Waals surface area (Å²) in [5.74, 6) is -0.110. The minimum atomic E-state index is -0.196. The van der Waals surface area contributed by atoms with Gasteiger partial charge in [-0.2, -0.15) is 0 Å². The maximum Gasteiger partial charge on any atom is 0.225 e. The summed E-state index contributed by atoms with van der Waals surface area (Å²) >= 11 is 0. The van der Waals surface area contributed by atoms with Gasteiger partial charge >= 0.3 is 0 Å². The molecule has 116 valence electrons. The number of nitrogens with one attached hydrogen (secondary N) is 2. The van der Waals surface area contributed by atoms with Crippen molar-refractivity contribution in [2.75, 3.05) is 46.8 Å². The normalized spacial score (nSPS) is 20.6. The Kier molecular flexibility index (Phi) is 6.95. The lowest BCUT2D eigenvalue weighted by Gasteiger charge is -2.19. The van der Waals surface area contributed by atoms with Gasteiger partial charge in [-0.3, -0.25) is 9.59 Å². The number of hydrogen-bond donors (Lipinski definition) is 2. The van der Waals surface area contributed by atoms with Crippen LogP contribution in [0.1, 0.15) is 20.3 Å². The Morgan fingerprint density at radius 1 is 1.50 bits per heavy atom. The highest BCUT2D eigenvalue weighted by molar-refractivity contribution is 5.89. The number of likely N-dealkylation sites (N-methyl/N-ethyl adjacent to an activating group) is 2. The number of rotatable bonds is 8. The quantitative estimate of drug-likeness (QED) is 0.631. The monoisotopic (exact) mass is 284 g/mol. The highest BCUT2D eigenvalue weighted by Crippen LogP contribution is 2.17. The van der Waals surface area contributed by atoms with Crippen molar-refractivity contribution in [3.63, 3.8) is 0 Å². The van der Waals surface area contributed by atoms with Crippen molar-refractivity contribution in [2.24, 2.45) is 5.92 Å². The maximum atomic E-state index is 12.1. The van der Waals surface area contributed by atoms with Gasteiger partial charge in [0.25, 0.3) is 0 Å². The molecular weight excluding hydrogens is 256 g/mol. The van der Waals surface area contributed by atoms with Crippen molar-refractivity contribution < 1.29 is 9.59 Å². The number of carbonyl (C=O) groups is 2. The zero-order valence-electron chi connectivity index (χ0n) is 13.1. The van der Waals surface area contributed by atoms with E-state index in [2.05, 4.69) is 10.6 Å². The maximum absolute atomic E-state index is 12.1. The highest BCUT2D eigenvalue weighted by atomic mass is 16.2. The molecule has 1 unspecified atom stereocenters. The summed E-state index contributed by atoms with van der Waals surface area (Å²) in [6.45, 7) is 7.64. The Morgan fingerprint density at radius 2 is 2.20 bits per heavy atom. The molecule has 6 heteroatoms. The second-order valence-corrected chi connectivity index (χ2v) is 5.75. The fraction of sp³-hybridized carbons (Fsp3) is 0.857. The van der Waals surface area contributed by atoms with E-state index in [1.54, 1.807) is 4.90 Å². The zero-order chi connectivity index (χ0) is 15.1. The molecule has 1 fully saturated rings. The lowest BCUT2D eigenvalue weighted by atomic mass is 10.1. The van der Waals surface area contributed by atoms with Gasteiger partial charge in [-0.05, 0) is 27.6 Å². The molecule has 0 aromatic carbocycles. The molecule has 1 saturated heterocycles. The van der Waals surface area contributed by atoms with Crippen LogP contribution in [0.2, 0.25) is 0 Å². The van der Waals surface area contributed by atoms with Crippen LogP contribution in [-0.2, 0) is 9.59 Å². The first kappa shape index (κ1) is 16.9. The number of nitrogens with zero attached hydrogens (tertiary/aromatic N) is 2. The fourth-order valence-electron chi connectivity index (χ4n) is 2.30. The van der Waals surface area contributed by atoms with Gasteiger partial charge in [0.15, 0.2) is 0 Å². The summed E-state index contributed by atoms with van der Waals surface area (Å²) in [5, 5.41) is 6.17. The first-order valence-corrected chi connectivity index (χ1v) is 7.37. The molecule has 2 atom stereocenters. The number of hydrogen-bond acceptors (Lipinski definition) is 4. The summed E-state index contributed by atoms with van der Waals surface area (Å²) < 4.78 is 0. The Bertz CT molecular complexity index is 333. The highest BCUT2D eigenvalue weighted by Gasteiger charge is 2.33. The van der Waals surface area contributed by atoms with Crippen LogP contribution in [-0.4, -0.2) is 74.5 Å². The van der Waals surface area contributed by atoms with Crippen molar-refractivity contribution in [1.82, 2.24) is 20.4 Å². The molecule has 0 radical (unpaired) electrons. The summed E-state index contributed by atoms with van der Waals surface area (Å²) in [7, 11) is 3.96. The van der Waals surface area contributed by atoms with Crippen LogP contribution >= 0.6 is 0 Å². The van der Waals surface area contributed by atoms with E-state index in [1.165, 1.54) is 0 Å².